The van der Waals surface area contributed by atoms with Crippen LogP contribution in [0.3, 0.4) is 0 Å². The average molecular weight is 378 g/mol. The van der Waals surface area contributed by atoms with Crippen LogP contribution in [0.2, 0.25) is 0 Å². The first-order valence-corrected chi connectivity index (χ1v) is 9.74. The molecule has 3 N–H and O–H groups in total. The van der Waals surface area contributed by atoms with Crippen molar-refractivity contribution >= 4 is 17.7 Å². The average Bonchev–Trinajstić information content (AvgIpc) is 2.97. The van der Waals surface area contributed by atoms with Gasteiger partial charge in [0.25, 0.3) is 0 Å². The summed E-state index contributed by atoms with van der Waals surface area (Å²) in [5, 5.41) is 11.6. The maximum atomic E-state index is 12.0. The van der Waals surface area contributed by atoms with Gasteiger partial charge in [-0.25, -0.2) is 4.68 Å². The minimum atomic E-state index is -0.0280. The topological polar surface area (TPSA) is 95.1 Å². The number of amides is 1. The number of benzene rings is 1. The molecule has 0 aliphatic rings. The summed E-state index contributed by atoms with van der Waals surface area (Å²) >= 11 is 1.26. The summed E-state index contributed by atoms with van der Waals surface area (Å²) in [4.78, 5) is 12.0. The lowest BCUT2D eigenvalue weighted by atomic mass is 10.1. The Balaban J connectivity index is 1.90. The zero-order chi connectivity index (χ0) is 19.1. The van der Waals surface area contributed by atoms with E-state index in [2.05, 4.69) is 35.4 Å². The van der Waals surface area contributed by atoms with Gasteiger partial charge in [-0.1, -0.05) is 43.3 Å². The molecule has 1 aromatic carbocycles. The first kappa shape index (κ1) is 20.1. The summed E-state index contributed by atoms with van der Waals surface area (Å²) in [5.41, 5.74) is 2.24. The zero-order valence-corrected chi connectivity index (χ0v) is 16.6. The second-order valence-corrected chi connectivity index (χ2v) is 7.14. The zero-order valence-electron chi connectivity index (χ0n) is 15.8. The van der Waals surface area contributed by atoms with Gasteiger partial charge in [-0.2, -0.15) is 0 Å². The third-order valence-corrected chi connectivity index (χ3v) is 5.05. The highest BCUT2D eigenvalue weighted by molar-refractivity contribution is 7.99. The number of nitrogens with two attached hydrogens (primary N) is 1. The van der Waals surface area contributed by atoms with E-state index in [9.17, 15) is 4.79 Å². The predicted octanol–water partition coefficient (Wildman–Crippen LogP) is 2.58. The van der Waals surface area contributed by atoms with E-state index < -0.39 is 0 Å². The Morgan fingerprint density at radius 3 is 2.69 bits per heavy atom. The number of thioether (sulfide) groups is 1. The summed E-state index contributed by atoms with van der Waals surface area (Å²) in [7, 11) is 0. The molecule has 0 aliphatic heterocycles. The number of ether oxygens (including phenoxy) is 1. The largest absolute Gasteiger partial charge is 0.485 e. The van der Waals surface area contributed by atoms with Crippen molar-refractivity contribution in [2.24, 2.45) is 0 Å². The maximum absolute atomic E-state index is 12.0. The fourth-order valence-electron chi connectivity index (χ4n) is 2.50. The minimum Gasteiger partial charge on any atom is -0.485 e. The molecule has 26 heavy (non-hydrogen) atoms. The molecule has 1 aromatic heterocycles. The van der Waals surface area contributed by atoms with Crippen molar-refractivity contribution in [3.05, 3.63) is 35.2 Å². The molecule has 0 aliphatic carbocycles. The van der Waals surface area contributed by atoms with Crippen molar-refractivity contribution < 1.29 is 9.53 Å². The molecular formula is C18H27N5O2S. The van der Waals surface area contributed by atoms with E-state index in [0.29, 0.717) is 11.0 Å². The van der Waals surface area contributed by atoms with E-state index >= 15 is 0 Å². The molecule has 0 fully saturated rings. The first-order chi connectivity index (χ1) is 12.4. The smallest absolute Gasteiger partial charge is 0.230 e. The second kappa shape index (κ2) is 9.47. The van der Waals surface area contributed by atoms with Gasteiger partial charge < -0.3 is 15.9 Å². The normalized spacial score (nSPS) is 11.0. The van der Waals surface area contributed by atoms with Gasteiger partial charge in [-0.3, -0.25) is 4.79 Å². The Morgan fingerprint density at radius 1 is 1.31 bits per heavy atom. The highest BCUT2D eigenvalue weighted by atomic mass is 32.2. The number of carbonyl (C=O) groups excluding carboxylic acids is 1. The Labute approximate surface area is 158 Å². The van der Waals surface area contributed by atoms with Crippen LogP contribution >= 0.6 is 11.8 Å². The van der Waals surface area contributed by atoms with Gasteiger partial charge in [0, 0.05) is 6.04 Å². The SMILES string of the molecule is CCC(CC)NC(=O)CSc1nnc(COc2ccc(C)cc2C)n1N. The molecule has 2 aromatic rings. The van der Waals surface area contributed by atoms with Crippen molar-refractivity contribution in [2.75, 3.05) is 11.6 Å². The third kappa shape index (κ3) is 5.39. The van der Waals surface area contributed by atoms with Crippen molar-refractivity contribution in [3.8, 4) is 5.75 Å². The molecule has 0 saturated heterocycles. The first-order valence-electron chi connectivity index (χ1n) is 8.76. The maximum Gasteiger partial charge on any atom is 0.230 e. The van der Waals surface area contributed by atoms with Gasteiger partial charge >= 0.3 is 0 Å². The summed E-state index contributed by atoms with van der Waals surface area (Å²) in [6, 6.07) is 6.19. The molecule has 0 bridgehead atoms. The second-order valence-electron chi connectivity index (χ2n) is 6.20. The number of hydrogen-bond donors (Lipinski definition) is 2. The lowest BCUT2D eigenvalue weighted by Gasteiger charge is -2.14. The molecule has 1 amide bonds. The van der Waals surface area contributed by atoms with Gasteiger partial charge in [-0.15, -0.1) is 10.2 Å². The van der Waals surface area contributed by atoms with Crippen molar-refractivity contribution in [1.82, 2.24) is 20.2 Å². The Bertz CT molecular complexity index is 743. The molecule has 0 spiro atoms. The van der Waals surface area contributed by atoms with Crippen LogP contribution in [0.4, 0.5) is 0 Å². The Hall–Kier alpha value is -2.22. The molecule has 142 valence electrons. The van der Waals surface area contributed by atoms with Gasteiger partial charge in [0.05, 0.1) is 5.75 Å². The summed E-state index contributed by atoms with van der Waals surface area (Å²) in [5.74, 6) is 7.55. The Morgan fingerprint density at radius 2 is 2.04 bits per heavy atom. The van der Waals surface area contributed by atoms with Gasteiger partial charge in [-0.05, 0) is 38.3 Å². The van der Waals surface area contributed by atoms with Crippen LogP contribution in [0, 0.1) is 13.8 Å². The molecule has 0 unspecified atom stereocenters. The summed E-state index contributed by atoms with van der Waals surface area (Å²) in [6.45, 7) is 8.36. The van der Waals surface area contributed by atoms with Crippen LogP contribution < -0.4 is 15.9 Å². The lowest BCUT2D eigenvalue weighted by molar-refractivity contribution is -0.119. The molecule has 7 nitrogen and oxygen atoms in total. The molecule has 8 heteroatoms. The highest BCUT2D eigenvalue weighted by Gasteiger charge is 2.14. The van der Waals surface area contributed by atoms with Gasteiger partial charge in [0.2, 0.25) is 11.1 Å². The third-order valence-electron chi connectivity index (χ3n) is 4.11. The van der Waals surface area contributed by atoms with Crippen molar-refractivity contribution in [3.63, 3.8) is 0 Å². The van der Waals surface area contributed by atoms with E-state index in [1.807, 2.05) is 26.0 Å². The predicted molar refractivity (Wildman–Crippen MR) is 104 cm³/mol. The number of hydrogen-bond acceptors (Lipinski definition) is 6. The number of rotatable bonds is 9. The quantitative estimate of drug-likeness (QED) is 0.515. The number of aryl methyl sites for hydroxylation is 2. The number of nitrogens with one attached hydrogen (secondary N) is 1. The van der Waals surface area contributed by atoms with Crippen molar-refractivity contribution in [2.45, 2.75) is 58.3 Å². The highest BCUT2D eigenvalue weighted by Crippen LogP contribution is 2.20. The fraction of sp³-hybridized carbons (Fsp3) is 0.500. The summed E-state index contributed by atoms with van der Waals surface area (Å²) in [6.07, 6.45) is 1.83. The number of carbonyl (C=O) groups is 1. The van der Waals surface area contributed by atoms with Crippen LogP contribution in [0.1, 0.15) is 43.6 Å². The van der Waals surface area contributed by atoms with Crippen LogP contribution in [-0.4, -0.2) is 32.6 Å². The number of aromatic nitrogens is 3. The molecule has 1 heterocycles. The van der Waals surface area contributed by atoms with Crippen LogP contribution in [0.15, 0.2) is 23.4 Å². The van der Waals surface area contributed by atoms with E-state index in [-0.39, 0.29) is 24.3 Å². The van der Waals surface area contributed by atoms with Gasteiger partial charge in [0.1, 0.15) is 12.4 Å². The van der Waals surface area contributed by atoms with E-state index in [1.54, 1.807) is 0 Å². The molecular weight excluding hydrogens is 350 g/mol. The van der Waals surface area contributed by atoms with Crippen molar-refractivity contribution in [1.29, 1.82) is 0 Å². The van der Waals surface area contributed by atoms with Crippen LogP contribution in [-0.2, 0) is 11.4 Å². The van der Waals surface area contributed by atoms with E-state index in [1.165, 1.54) is 22.0 Å². The summed E-state index contributed by atoms with van der Waals surface area (Å²) < 4.78 is 7.16. The minimum absolute atomic E-state index is 0.0280. The number of nitrogens with zero attached hydrogens (tertiary/aromatic N) is 3. The standard InChI is InChI=1S/C18H27N5O2S/c1-5-14(6-2)20-17(24)11-26-18-22-21-16(23(18)19)10-25-15-8-7-12(3)9-13(15)4/h7-9,14H,5-6,10-11,19H2,1-4H3,(H,20,24). The molecule has 0 atom stereocenters. The van der Waals surface area contributed by atoms with E-state index in [0.717, 1.165) is 24.2 Å². The van der Waals surface area contributed by atoms with Crippen LogP contribution in [0.5, 0.6) is 5.75 Å². The number of nitrogen functional groups attached to an aromatic ring is 1. The van der Waals surface area contributed by atoms with Gasteiger partial charge in [0.15, 0.2) is 5.82 Å². The van der Waals surface area contributed by atoms with Crippen LogP contribution in [0.25, 0.3) is 0 Å². The molecule has 0 radical (unpaired) electrons. The monoisotopic (exact) mass is 377 g/mol. The Kier molecular flexibility index (Phi) is 7.32. The van der Waals surface area contributed by atoms with E-state index in [4.69, 9.17) is 10.6 Å². The lowest BCUT2D eigenvalue weighted by Crippen LogP contribution is -2.35. The molecule has 0 saturated carbocycles. The molecule has 2 rings (SSSR count). The fourth-order valence-corrected chi connectivity index (χ4v) is 3.19.